The molecule has 0 spiro atoms. The maximum Gasteiger partial charge on any atom is 2.00 e. The van der Waals surface area contributed by atoms with Crippen LogP contribution in [-0.2, 0) is 20.4 Å². The third-order valence-corrected chi connectivity index (χ3v) is 11.8. The minimum absolute atomic E-state index is 0. The van der Waals surface area contributed by atoms with E-state index in [4.69, 9.17) is 0 Å². The fraction of sp³-hybridized carbons (Fsp3) is 0. The average Bonchev–Trinajstić information content (AvgIpc) is 3.12. The van der Waals surface area contributed by atoms with E-state index in [0.29, 0.717) is 0 Å². The summed E-state index contributed by atoms with van der Waals surface area (Å²) in [6.07, 6.45) is 0. The molecule has 0 heterocycles. The Hall–Kier alpha value is -4.07. The van der Waals surface area contributed by atoms with Crippen LogP contribution in [0.15, 0.2) is 212 Å². The van der Waals surface area contributed by atoms with Gasteiger partial charge in [0.1, 0.15) is 0 Å². The molecular formula is C43H37P2Pd+. The first-order valence-corrected chi connectivity index (χ1v) is 17.8. The van der Waals surface area contributed by atoms with E-state index < -0.39 is 15.8 Å². The van der Waals surface area contributed by atoms with Crippen molar-refractivity contribution in [2.45, 2.75) is 0 Å². The normalized spacial score (nSPS) is 10.0. The Morgan fingerprint density at radius 2 is 0.391 bits per heavy atom. The molecule has 7 aromatic carbocycles. The van der Waals surface area contributed by atoms with Gasteiger partial charge in [-0.2, -0.15) is 24.6 Å². The fourth-order valence-corrected chi connectivity index (χ4v) is 9.45. The maximum atomic E-state index is 3.72. The molecule has 0 aliphatic carbocycles. The van der Waals surface area contributed by atoms with Gasteiger partial charge in [0.25, 0.3) is 0 Å². The summed E-state index contributed by atoms with van der Waals surface area (Å²) in [6.45, 7) is 3.72. The summed E-state index contributed by atoms with van der Waals surface area (Å²) in [5.41, 5.74) is 1.07. The van der Waals surface area contributed by atoms with Crippen molar-refractivity contribution >= 4 is 47.7 Å². The van der Waals surface area contributed by atoms with Crippen LogP contribution in [0.4, 0.5) is 0 Å². The summed E-state index contributed by atoms with van der Waals surface area (Å²) < 4.78 is 0. The molecule has 0 radical (unpaired) electrons. The first-order chi connectivity index (χ1) is 22.3. The monoisotopic (exact) mass is 721 g/mol. The number of hydrogen-bond donors (Lipinski definition) is 0. The van der Waals surface area contributed by atoms with Gasteiger partial charge in [-0.1, -0.05) is 188 Å². The summed E-state index contributed by atoms with van der Waals surface area (Å²) >= 11 is 0. The summed E-state index contributed by atoms with van der Waals surface area (Å²) in [4.78, 5) is 0. The SMILES string of the molecule is [CH2-]c1ccccc1.[Pd+2].c1ccc(P(c2ccccc2)c2ccccc2)cc1.c1ccc(P(c2ccccc2)c2ccccc2)cc1. The van der Waals surface area contributed by atoms with Crippen LogP contribution in [-0.4, -0.2) is 0 Å². The Morgan fingerprint density at radius 3 is 0.522 bits per heavy atom. The fourth-order valence-electron chi connectivity index (χ4n) is 4.83. The number of hydrogen-bond acceptors (Lipinski definition) is 0. The second-order valence-corrected chi connectivity index (χ2v) is 14.6. The topological polar surface area (TPSA) is 0 Å². The second kappa shape index (κ2) is 19.4. The molecule has 0 saturated carbocycles. The average molecular weight is 722 g/mol. The molecule has 0 saturated heterocycles. The van der Waals surface area contributed by atoms with Crippen LogP contribution in [0.5, 0.6) is 0 Å². The Morgan fingerprint density at radius 1 is 0.239 bits per heavy atom. The van der Waals surface area contributed by atoms with Crippen LogP contribution >= 0.6 is 15.8 Å². The standard InChI is InChI=1S/2C18H15P.C7H7.Pd/c2*1-4-10-16(11-5-1)19(17-12-6-2-7-13-17)18-14-8-3-9-15-18;1-7-5-3-2-4-6-7;/h2*1-15H;2-6H,1H2;/q;;-1;+2. The molecule has 0 amide bonds. The van der Waals surface area contributed by atoms with Crippen LogP contribution < -0.4 is 31.8 Å². The van der Waals surface area contributed by atoms with Gasteiger partial charge in [0.05, 0.1) is 0 Å². The van der Waals surface area contributed by atoms with Crippen molar-refractivity contribution in [2.75, 3.05) is 0 Å². The van der Waals surface area contributed by atoms with E-state index >= 15 is 0 Å². The molecular weight excluding hydrogens is 685 g/mol. The largest absolute Gasteiger partial charge is 2.00 e. The zero-order chi connectivity index (χ0) is 30.9. The maximum absolute atomic E-state index is 3.72. The molecule has 46 heavy (non-hydrogen) atoms. The minimum Gasteiger partial charge on any atom is -0.199 e. The quantitative estimate of drug-likeness (QED) is 0.0916. The molecule has 228 valence electrons. The van der Waals surface area contributed by atoms with Crippen molar-refractivity contribution < 1.29 is 20.4 Å². The molecule has 0 aromatic heterocycles. The molecule has 3 heteroatoms. The Labute approximate surface area is 291 Å². The van der Waals surface area contributed by atoms with Gasteiger partial charge in [0.2, 0.25) is 0 Å². The Balaban J connectivity index is 0.000000170. The van der Waals surface area contributed by atoms with Crippen molar-refractivity contribution in [3.8, 4) is 0 Å². The molecule has 0 bridgehead atoms. The van der Waals surface area contributed by atoms with Gasteiger partial charge >= 0.3 is 20.4 Å². The van der Waals surface area contributed by atoms with Crippen LogP contribution in [0.25, 0.3) is 0 Å². The molecule has 7 aromatic rings. The van der Waals surface area contributed by atoms with Crippen molar-refractivity contribution in [1.82, 2.24) is 0 Å². The Kier molecular flexibility index (Phi) is 14.7. The first kappa shape index (κ1) is 34.8. The number of rotatable bonds is 6. The Bertz CT molecular complexity index is 1460. The van der Waals surface area contributed by atoms with Crippen LogP contribution in [0.1, 0.15) is 5.56 Å². The summed E-state index contributed by atoms with van der Waals surface area (Å²) in [7, 11) is -0.892. The van der Waals surface area contributed by atoms with Gasteiger partial charge in [-0.15, -0.1) is 12.1 Å². The van der Waals surface area contributed by atoms with Gasteiger partial charge < -0.3 is 0 Å². The summed E-state index contributed by atoms with van der Waals surface area (Å²) in [5.74, 6) is 0. The van der Waals surface area contributed by atoms with E-state index in [1.54, 1.807) is 0 Å². The van der Waals surface area contributed by atoms with Gasteiger partial charge in [-0.3, -0.25) is 0 Å². The van der Waals surface area contributed by atoms with E-state index in [1.807, 2.05) is 30.3 Å². The van der Waals surface area contributed by atoms with E-state index in [2.05, 4.69) is 189 Å². The van der Waals surface area contributed by atoms with Crippen molar-refractivity contribution in [2.24, 2.45) is 0 Å². The second-order valence-electron chi connectivity index (χ2n) is 10.2. The summed E-state index contributed by atoms with van der Waals surface area (Å²) in [5, 5.41) is 8.39. The predicted molar refractivity (Wildman–Crippen MR) is 201 cm³/mol. The van der Waals surface area contributed by atoms with Gasteiger partial charge in [0, 0.05) is 0 Å². The third kappa shape index (κ3) is 10.5. The smallest absolute Gasteiger partial charge is 0.199 e. The molecule has 0 N–H and O–H groups in total. The molecule has 0 atom stereocenters. The van der Waals surface area contributed by atoms with Crippen LogP contribution in [0, 0.1) is 6.92 Å². The number of benzene rings is 7. The van der Waals surface area contributed by atoms with E-state index in [-0.39, 0.29) is 20.4 Å². The third-order valence-electron chi connectivity index (χ3n) is 6.93. The van der Waals surface area contributed by atoms with E-state index in [0.717, 1.165) is 5.56 Å². The van der Waals surface area contributed by atoms with E-state index in [9.17, 15) is 0 Å². The molecule has 0 unspecified atom stereocenters. The predicted octanol–water partition coefficient (Wildman–Crippen LogP) is 8.76. The first-order valence-electron chi connectivity index (χ1n) is 15.1. The van der Waals surface area contributed by atoms with Crippen molar-refractivity contribution in [3.63, 3.8) is 0 Å². The molecule has 0 aliphatic rings. The van der Waals surface area contributed by atoms with Crippen molar-refractivity contribution in [3.05, 3.63) is 225 Å². The van der Waals surface area contributed by atoms with E-state index in [1.165, 1.54) is 31.8 Å². The molecule has 0 nitrogen and oxygen atoms in total. The molecule has 0 fully saturated rings. The van der Waals surface area contributed by atoms with Crippen LogP contribution in [0.3, 0.4) is 0 Å². The molecule has 7 rings (SSSR count). The minimum atomic E-state index is -0.446. The van der Waals surface area contributed by atoms with Crippen LogP contribution in [0.2, 0.25) is 0 Å². The zero-order valence-electron chi connectivity index (χ0n) is 25.6. The van der Waals surface area contributed by atoms with Crippen molar-refractivity contribution in [1.29, 1.82) is 0 Å². The van der Waals surface area contributed by atoms with Gasteiger partial charge in [-0.05, 0) is 47.7 Å². The van der Waals surface area contributed by atoms with Gasteiger partial charge in [-0.25, -0.2) is 0 Å². The zero-order valence-corrected chi connectivity index (χ0v) is 29.0. The van der Waals surface area contributed by atoms with Gasteiger partial charge in [0.15, 0.2) is 0 Å². The molecule has 0 aliphatic heterocycles. The summed E-state index contributed by atoms with van der Waals surface area (Å²) in [6, 6.07) is 74.5.